The molecular weight excluding hydrogens is 373 g/mol. The number of aromatic nitrogens is 3. The standard InChI is InChI=1S/C14H11BrFN3S2/c1-19-13(12-3-2-6-20-12)17-18-14(19)21-8-9-4-5-10(16)7-11(9)15/h2-7H,8H2,1H3. The highest BCUT2D eigenvalue weighted by molar-refractivity contribution is 9.10. The zero-order valence-corrected chi connectivity index (χ0v) is 14.3. The molecule has 0 spiro atoms. The Bertz CT molecular complexity index is 756. The second-order valence-electron chi connectivity index (χ2n) is 4.37. The summed E-state index contributed by atoms with van der Waals surface area (Å²) < 4.78 is 15.8. The average Bonchev–Trinajstić information content (AvgIpc) is 3.08. The Morgan fingerprint density at radius 1 is 1.33 bits per heavy atom. The number of nitrogens with zero attached hydrogens (tertiary/aromatic N) is 3. The fraction of sp³-hybridized carbons (Fsp3) is 0.143. The lowest BCUT2D eigenvalue weighted by Crippen LogP contribution is -1.94. The molecule has 2 aromatic heterocycles. The van der Waals surface area contributed by atoms with E-state index < -0.39 is 0 Å². The summed E-state index contributed by atoms with van der Waals surface area (Å²) in [4.78, 5) is 1.10. The lowest BCUT2D eigenvalue weighted by atomic mass is 10.2. The molecule has 0 aliphatic rings. The number of thiophene rings is 1. The van der Waals surface area contributed by atoms with E-state index in [0.717, 1.165) is 25.9 Å². The van der Waals surface area contributed by atoms with E-state index >= 15 is 0 Å². The van der Waals surface area contributed by atoms with Gasteiger partial charge >= 0.3 is 0 Å². The number of thioether (sulfide) groups is 1. The zero-order chi connectivity index (χ0) is 14.8. The Hall–Kier alpha value is -1.18. The van der Waals surface area contributed by atoms with Crippen LogP contribution in [0.25, 0.3) is 10.7 Å². The number of benzene rings is 1. The van der Waals surface area contributed by atoms with Gasteiger partial charge in [0, 0.05) is 17.3 Å². The molecule has 7 heteroatoms. The molecule has 3 nitrogen and oxygen atoms in total. The second-order valence-corrected chi connectivity index (χ2v) is 7.11. The van der Waals surface area contributed by atoms with Crippen molar-refractivity contribution in [3.8, 4) is 10.7 Å². The molecule has 1 aromatic carbocycles. The van der Waals surface area contributed by atoms with Gasteiger partial charge in [0.15, 0.2) is 11.0 Å². The summed E-state index contributed by atoms with van der Waals surface area (Å²) in [6.07, 6.45) is 0. The van der Waals surface area contributed by atoms with Gasteiger partial charge in [-0.15, -0.1) is 21.5 Å². The molecule has 0 saturated heterocycles. The third kappa shape index (κ3) is 3.20. The van der Waals surface area contributed by atoms with Crippen molar-refractivity contribution in [3.63, 3.8) is 0 Å². The Morgan fingerprint density at radius 3 is 2.90 bits per heavy atom. The zero-order valence-electron chi connectivity index (χ0n) is 11.1. The molecule has 21 heavy (non-hydrogen) atoms. The van der Waals surface area contributed by atoms with Crippen LogP contribution in [-0.2, 0) is 12.8 Å². The van der Waals surface area contributed by atoms with E-state index in [-0.39, 0.29) is 5.82 Å². The summed E-state index contributed by atoms with van der Waals surface area (Å²) in [7, 11) is 1.96. The van der Waals surface area contributed by atoms with Gasteiger partial charge in [-0.05, 0) is 29.1 Å². The van der Waals surface area contributed by atoms with Crippen molar-refractivity contribution in [2.45, 2.75) is 10.9 Å². The monoisotopic (exact) mass is 383 g/mol. The molecule has 0 bridgehead atoms. The fourth-order valence-electron chi connectivity index (χ4n) is 1.84. The van der Waals surface area contributed by atoms with Crippen LogP contribution in [0.4, 0.5) is 4.39 Å². The molecule has 0 N–H and O–H groups in total. The van der Waals surface area contributed by atoms with Gasteiger partial charge in [-0.2, -0.15) is 0 Å². The van der Waals surface area contributed by atoms with Crippen LogP contribution in [0, 0.1) is 5.82 Å². The predicted molar refractivity (Wildman–Crippen MR) is 88.0 cm³/mol. The lowest BCUT2D eigenvalue weighted by molar-refractivity contribution is 0.626. The number of hydrogen-bond acceptors (Lipinski definition) is 4. The highest BCUT2D eigenvalue weighted by Gasteiger charge is 2.12. The molecule has 0 aliphatic carbocycles. The van der Waals surface area contributed by atoms with Crippen molar-refractivity contribution in [3.05, 3.63) is 51.6 Å². The van der Waals surface area contributed by atoms with Gasteiger partial charge in [-0.1, -0.05) is 39.8 Å². The first-order valence-electron chi connectivity index (χ1n) is 6.15. The number of halogens is 2. The summed E-state index contributed by atoms with van der Waals surface area (Å²) in [6.45, 7) is 0. The van der Waals surface area contributed by atoms with Gasteiger partial charge in [0.1, 0.15) is 5.82 Å². The normalized spacial score (nSPS) is 11.0. The smallest absolute Gasteiger partial charge is 0.191 e. The summed E-state index contributed by atoms with van der Waals surface area (Å²) in [5.74, 6) is 1.33. The minimum absolute atomic E-state index is 0.241. The topological polar surface area (TPSA) is 30.7 Å². The van der Waals surface area contributed by atoms with Crippen LogP contribution in [0.1, 0.15) is 5.56 Å². The van der Waals surface area contributed by atoms with Crippen LogP contribution in [-0.4, -0.2) is 14.8 Å². The maximum atomic E-state index is 13.1. The number of rotatable bonds is 4. The van der Waals surface area contributed by atoms with Crippen LogP contribution < -0.4 is 0 Å². The first kappa shape index (κ1) is 14.7. The SMILES string of the molecule is Cn1c(SCc2ccc(F)cc2Br)nnc1-c1cccs1. The van der Waals surface area contributed by atoms with E-state index in [4.69, 9.17) is 0 Å². The second kappa shape index (κ2) is 6.29. The van der Waals surface area contributed by atoms with Crippen LogP contribution in [0.2, 0.25) is 0 Å². The molecule has 0 radical (unpaired) electrons. The summed E-state index contributed by atoms with van der Waals surface area (Å²) in [5, 5.41) is 11.3. The first-order chi connectivity index (χ1) is 10.1. The molecule has 0 fully saturated rings. The van der Waals surface area contributed by atoms with E-state index in [1.165, 1.54) is 12.1 Å². The first-order valence-corrected chi connectivity index (χ1v) is 8.81. The van der Waals surface area contributed by atoms with E-state index in [1.807, 2.05) is 29.1 Å². The maximum absolute atomic E-state index is 13.1. The molecule has 108 valence electrons. The molecule has 0 saturated carbocycles. The van der Waals surface area contributed by atoms with Gasteiger partial charge in [0.25, 0.3) is 0 Å². The molecule has 0 amide bonds. The van der Waals surface area contributed by atoms with Crippen LogP contribution >= 0.6 is 39.0 Å². The van der Waals surface area contributed by atoms with E-state index in [9.17, 15) is 4.39 Å². The van der Waals surface area contributed by atoms with Crippen molar-refractivity contribution >= 4 is 39.0 Å². The molecular formula is C14H11BrFN3S2. The lowest BCUT2D eigenvalue weighted by Gasteiger charge is -2.05. The van der Waals surface area contributed by atoms with Crippen molar-refractivity contribution in [1.82, 2.24) is 14.8 Å². The van der Waals surface area contributed by atoms with Crippen molar-refractivity contribution in [2.75, 3.05) is 0 Å². The van der Waals surface area contributed by atoms with Gasteiger partial charge < -0.3 is 4.57 Å². The largest absolute Gasteiger partial charge is 0.304 e. The van der Waals surface area contributed by atoms with Gasteiger partial charge in [0.05, 0.1) is 4.88 Å². The summed E-state index contributed by atoms with van der Waals surface area (Å²) in [5.41, 5.74) is 1.03. The average molecular weight is 384 g/mol. The Kier molecular flexibility index (Phi) is 4.42. The Morgan fingerprint density at radius 2 is 2.19 bits per heavy atom. The third-order valence-electron chi connectivity index (χ3n) is 2.95. The van der Waals surface area contributed by atoms with Crippen LogP contribution in [0.15, 0.2) is 45.3 Å². The fourth-order valence-corrected chi connectivity index (χ4v) is 4.18. The van der Waals surface area contributed by atoms with Crippen LogP contribution in [0.5, 0.6) is 0 Å². The third-order valence-corrected chi connectivity index (χ3v) is 5.62. The molecule has 0 aliphatic heterocycles. The molecule has 0 unspecified atom stereocenters. The minimum atomic E-state index is -0.241. The van der Waals surface area contributed by atoms with Crippen molar-refractivity contribution < 1.29 is 4.39 Å². The molecule has 0 atom stereocenters. The molecule has 2 heterocycles. The minimum Gasteiger partial charge on any atom is -0.304 e. The highest BCUT2D eigenvalue weighted by atomic mass is 79.9. The van der Waals surface area contributed by atoms with E-state index in [2.05, 4.69) is 26.1 Å². The molecule has 3 aromatic rings. The van der Waals surface area contributed by atoms with Crippen molar-refractivity contribution in [2.24, 2.45) is 7.05 Å². The van der Waals surface area contributed by atoms with Gasteiger partial charge in [0.2, 0.25) is 0 Å². The highest BCUT2D eigenvalue weighted by Crippen LogP contribution is 2.29. The maximum Gasteiger partial charge on any atom is 0.191 e. The van der Waals surface area contributed by atoms with Gasteiger partial charge in [-0.25, -0.2) is 4.39 Å². The molecule has 3 rings (SSSR count). The van der Waals surface area contributed by atoms with Gasteiger partial charge in [-0.3, -0.25) is 0 Å². The number of hydrogen-bond donors (Lipinski definition) is 0. The Labute approximate surface area is 138 Å². The Balaban J connectivity index is 1.77. The summed E-state index contributed by atoms with van der Waals surface area (Å²) >= 11 is 6.60. The van der Waals surface area contributed by atoms with E-state index in [0.29, 0.717) is 5.75 Å². The predicted octanol–water partition coefficient (Wildman–Crippen LogP) is 4.74. The van der Waals surface area contributed by atoms with Crippen LogP contribution in [0.3, 0.4) is 0 Å². The summed E-state index contributed by atoms with van der Waals surface area (Å²) in [6, 6.07) is 8.75. The van der Waals surface area contributed by atoms with E-state index in [1.54, 1.807) is 29.2 Å². The van der Waals surface area contributed by atoms with Crippen molar-refractivity contribution in [1.29, 1.82) is 0 Å². The quantitative estimate of drug-likeness (QED) is 0.609.